The smallest absolute Gasteiger partial charge is 0.0717 e. The second-order valence-corrected chi connectivity index (χ2v) is 7.36. The molecule has 0 N–H and O–H groups in total. The molecule has 130 valence electrons. The summed E-state index contributed by atoms with van der Waals surface area (Å²) in [6.45, 7) is 6.32. The first-order valence-corrected chi connectivity index (χ1v) is 9.61. The maximum atomic E-state index is 4.89. The van der Waals surface area contributed by atoms with Crippen LogP contribution in [0.4, 0.5) is 5.69 Å². The van der Waals surface area contributed by atoms with Gasteiger partial charge in [-0.2, -0.15) is 0 Å². The number of aryl methyl sites for hydroxylation is 3. The van der Waals surface area contributed by atoms with Crippen LogP contribution in [0.25, 0.3) is 0 Å². The van der Waals surface area contributed by atoms with Crippen molar-refractivity contribution in [3.63, 3.8) is 0 Å². The lowest BCUT2D eigenvalue weighted by atomic mass is 10.0. The van der Waals surface area contributed by atoms with Gasteiger partial charge in [0.1, 0.15) is 0 Å². The van der Waals surface area contributed by atoms with Crippen LogP contribution in [0.3, 0.4) is 0 Å². The fourth-order valence-electron chi connectivity index (χ4n) is 2.60. The Kier molecular flexibility index (Phi) is 6.08. The molecule has 3 aromatic rings. The molecule has 0 saturated carbocycles. The average Bonchev–Trinajstić information content (AvgIpc) is 2.65. The first kappa shape index (κ1) is 18.2. The SMILES string of the molecule is Cc1ccc(/N=C(/C=C/Sc2ccc(C)cc2)c2ccccc2C)cc1. The van der Waals surface area contributed by atoms with Crippen molar-refractivity contribution < 1.29 is 0 Å². The number of hydrogen-bond acceptors (Lipinski definition) is 2. The summed E-state index contributed by atoms with van der Waals surface area (Å²) < 4.78 is 0. The molecule has 3 aromatic carbocycles. The highest BCUT2D eigenvalue weighted by Crippen LogP contribution is 2.22. The zero-order chi connectivity index (χ0) is 18.4. The summed E-state index contributed by atoms with van der Waals surface area (Å²) in [5.74, 6) is 0. The summed E-state index contributed by atoms with van der Waals surface area (Å²) in [7, 11) is 0. The highest BCUT2D eigenvalue weighted by Gasteiger charge is 2.04. The number of thioether (sulfide) groups is 1. The molecule has 0 unspecified atom stereocenters. The third-order valence-corrected chi connectivity index (χ3v) is 4.97. The van der Waals surface area contributed by atoms with E-state index in [-0.39, 0.29) is 0 Å². The standard InChI is InChI=1S/C24H23NS/c1-18-8-12-21(13-9-18)25-24(23-7-5-4-6-20(23)3)16-17-26-22-14-10-19(2)11-15-22/h4-17H,1-3H3/b17-16+,25-24-. The maximum Gasteiger partial charge on any atom is 0.0717 e. The van der Waals surface area contributed by atoms with Gasteiger partial charge in [0.15, 0.2) is 0 Å². The topological polar surface area (TPSA) is 12.4 Å². The molecule has 0 aliphatic carbocycles. The molecule has 26 heavy (non-hydrogen) atoms. The molecule has 2 heteroatoms. The fourth-order valence-corrected chi connectivity index (χ4v) is 3.25. The Morgan fingerprint density at radius 3 is 2.04 bits per heavy atom. The zero-order valence-corrected chi connectivity index (χ0v) is 16.3. The monoisotopic (exact) mass is 357 g/mol. The van der Waals surface area contributed by atoms with Gasteiger partial charge in [-0.3, -0.25) is 0 Å². The third-order valence-electron chi connectivity index (χ3n) is 4.16. The number of rotatable bonds is 5. The van der Waals surface area contributed by atoms with E-state index in [9.17, 15) is 0 Å². The van der Waals surface area contributed by atoms with Crippen molar-refractivity contribution in [3.05, 3.63) is 107 Å². The van der Waals surface area contributed by atoms with Crippen LogP contribution in [-0.2, 0) is 0 Å². The number of benzene rings is 3. The summed E-state index contributed by atoms with van der Waals surface area (Å²) in [6.07, 6.45) is 2.10. The van der Waals surface area contributed by atoms with Gasteiger partial charge in [-0.1, -0.05) is 71.4 Å². The van der Waals surface area contributed by atoms with Crippen LogP contribution in [0.1, 0.15) is 22.3 Å². The summed E-state index contributed by atoms with van der Waals surface area (Å²) in [5.41, 5.74) is 6.86. The van der Waals surface area contributed by atoms with Crippen molar-refractivity contribution in [1.29, 1.82) is 0 Å². The van der Waals surface area contributed by atoms with Gasteiger partial charge in [0.05, 0.1) is 11.4 Å². The Hall–Kier alpha value is -2.58. The lowest BCUT2D eigenvalue weighted by Gasteiger charge is -2.07. The minimum absolute atomic E-state index is 0.971. The summed E-state index contributed by atoms with van der Waals surface area (Å²) in [5, 5.41) is 2.12. The summed E-state index contributed by atoms with van der Waals surface area (Å²) in [6, 6.07) is 25.3. The van der Waals surface area contributed by atoms with Gasteiger partial charge in [0.2, 0.25) is 0 Å². The molecule has 0 spiro atoms. The molecule has 0 heterocycles. The molecule has 0 aromatic heterocycles. The zero-order valence-electron chi connectivity index (χ0n) is 15.4. The van der Waals surface area contributed by atoms with E-state index >= 15 is 0 Å². The highest BCUT2D eigenvalue weighted by atomic mass is 32.2. The average molecular weight is 358 g/mol. The number of hydrogen-bond donors (Lipinski definition) is 0. The first-order chi connectivity index (χ1) is 12.6. The van der Waals surface area contributed by atoms with Crippen molar-refractivity contribution >= 4 is 23.2 Å². The third kappa shape index (κ3) is 4.96. The van der Waals surface area contributed by atoms with E-state index in [0.717, 1.165) is 17.0 Å². The van der Waals surface area contributed by atoms with Gasteiger partial charge in [0, 0.05) is 10.5 Å². The van der Waals surface area contributed by atoms with Crippen LogP contribution in [0.5, 0.6) is 0 Å². The van der Waals surface area contributed by atoms with Crippen LogP contribution in [0.2, 0.25) is 0 Å². The second-order valence-electron chi connectivity index (χ2n) is 6.38. The van der Waals surface area contributed by atoms with Crippen molar-refractivity contribution in [3.8, 4) is 0 Å². The molecule has 0 bridgehead atoms. The Labute approximate surface area is 160 Å². The van der Waals surface area contributed by atoms with Crippen molar-refractivity contribution in [1.82, 2.24) is 0 Å². The molecule has 0 saturated heterocycles. The van der Waals surface area contributed by atoms with E-state index in [0.29, 0.717) is 0 Å². The second kappa shape index (κ2) is 8.68. The van der Waals surface area contributed by atoms with Gasteiger partial charge >= 0.3 is 0 Å². The molecule has 0 amide bonds. The van der Waals surface area contributed by atoms with Gasteiger partial charge < -0.3 is 0 Å². The Bertz CT molecular complexity index is 919. The normalized spacial score (nSPS) is 11.9. The highest BCUT2D eigenvalue weighted by molar-refractivity contribution is 8.02. The minimum atomic E-state index is 0.971. The summed E-state index contributed by atoms with van der Waals surface area (Å²) >= 11 is 1.71. The van der Waals surface area contributed by atoms with Crippen LogP contribution in [-0.4, -0.2) is 5.71 Å². The Morgan fingerprint density at radius 2 is 1.38 bits per heavy atom. The molecule has 0 radical (unpaired) electrons. The van der Waals surface area contributed by atoms with Crippen LogP contribution < -0.4 is 0 Å². The molecular formula is C24H23NS. The van der Waals surface area contributed by atoms with Gasteiger partial charge in [-0.05, 0) is 62.1 Å². The van der Waals surface area contributed by atoms with E-state index in [1.165, 1.54) is 21.6 Å². The first-order valence-electron chi connectivity index (χ1n) is 8.73. The predicted molar refractivity (Wildman–Crippen MR) is 115 cm³/mol. The Morgan fingerprint density at radius 1 is 0.769 bits per heavy atom. The van der Waals surface area contributed by atoms with Crippen molar-refractivity contribution in [2.75, 3.05) is 0 Å². The number of aliphatic imine (C=N–C) groups is 1. The molecular weight excluding hydrogens is 334 g/mol. The van der Waals surface area contributed by atoms with E-state index in [1.54, 1.807) is 11.8 Å². The van der Waals surface area contributed by atoms with Crippen molar-refractivity contribution in [2.24, 2.45) is 4.99 Å². The van der Waals surface area contributed by atoms with Gasteiger partial charge in [-0.25, -0.2) is 4.99 Å². The quantitative estimate of drug-likeness (QED) is 0.352. The van der Waals surface area contributed by atoms with Gasteiger partial charge in [-0.15, -0.1) is 0 Å². The molecule has 1 nitrogen and oxygen atoms in total. The van der Waals surface area contributed by atoms with Crippen molar-refractivity contribution in [2.45, 2.75) is 25.7 Å². The Balaban J connectivity index is 1.90. The van der Waals surface area contributed by atoms with Crippen LogP contribution in [0.15, 0.2) is 94.2 Å². The molecule has 0 aliphatic rings. The number of nitrogens with zero attached hydrogens (tertiary/aromatic N) is 1. The molecule has 3 rings (SSSR count). The largest absolute Gasteiger partial charge is 0.248 e. The van der Waals surface area contributed by atoms with E-state index in [4.69, 9.17) is 4.99 Å². The van der Waals surface area contributed by atoms with Crippen LogP contribution >= 0.6 is 11.8 Å². The number of allylic oxidation sites excluding steroid dienone is 1. The van der Waals surface area contributed by atoms with Crippen LogP contribution in [0, 0.1) is 20.8 Å². The maximum absolute atomic E-state index is 4.89. The lowest BCUT2D eigenvalue weighted by molar-refractivity contribution is 1.38. The van der Waals surface area contributed by atoms with Gasteiger partial charge in [0.25, 0.3) is 0 Å². The molecule has 0 aliphatic heterocycles. The van der Waals surface area contributed by atoms with E-state index in [1.807, 2.05) is 0 Å². The summed E-state index contributed by atoms with van der Waals surface area (Å²) in [4.78, 5) is 6.12. The van der Waals surface area contributed by atoms with E-state index in [2.05, 4.69) is 105 Å². The lowest BCUT2D eigenvalue weighted by Crippen LogP contribution is -1.99. The fraction of sp³-hybridized carbons (Fsp3) is 0.125. The minimum Gasteiger partial charge on any atom is -0.248 e. The molecule has 0 fully saturated rings. The molecule has 0 atom stereocenters. The van der Waals surface area contributed by atoms with E-state index < -0.39 is 0 Å². The predicted octanol–water partition coefficient (Wildman–Crippen LogP) is 7.04.